The van der Waals surface area contributed by atoms with Gasteiger partial charge in [-0.2, -0.15) is 4.31 Å². The van der Waals surface area contributed by atoms with Crippen molar-refractivity contribution in [2.75, 3.05) is 45.8 Å². The first-order chi connectivity index (χ1) is 13.9. The Balaban J connectivity index is 1.91. The Morgan fingerprint density at radius 3 is 2.48 bits per heavy atom. The third kappa shape index (κ3) is 4.64. The van der Waals surface area contributed by atoms with Crippen LogP contribution in [0.3, 0.4) is 0 Å². The number of hydrogen-bond donors (Lipinski definition) is 1. The number of nitrogens with one attached hydrogen (secondary N) is 1. The molecule has 2 aromatic rings. The first-order valence-electron chi connectivity index (χ1n) is 8.77. The Bertz CT molecular complexity index is 1010. The lowest BCUT2D eigenvalue weighted by atomic mass is 10.2. The molecule has 1 saturated heterocycles. The summed E-state index contributed by atoms with van der Waals surface area (Å²) in [6, 6.07) is 8.99. The molecule has 1 fully saturated rings. The predicted molar refractivity (Wildman–Crippen MR) is 109 cm³/mol. The van der Waals surface area contributed by atoms with Gasteiger partial charge in [0.1, 0.15) is 11.5 Å². The van der Waals surface area contributed by atoms with Crippen molar-refractivity contribution in [1.82, 2.24) is 4.31 Å². The van der Waals surface area contributed by atoms with Crippen LogP contribution < -0.4 is 14.8 Å². The molecule has 0 bridgehead atoms. The summed E-state index contributed by atoms with van der Waals surface area (Å²) in [7, 11) is -0.785. The Morgan fingerprint density at radius 1 is 1.10 bits per heavy atom. The monoisotopic (exact) mass is 440 g/mol. The number of hydrogen-bond acceptors (Lipinski definition) is 6. The molecule has 2 aromatic carbocycles. The number of methoxy groups -OCH3 is 2. The van der Waals surface area contributed by atoms with Crippen LogP contribution in [0, 0.1) is 0 Å². The van der Waals surface area contributed by atoms with Crippen LogP contribution in [-0.4, -0.2) is 59.2 Å². The molecule has 156 valence electrons. The number of sulfonamides is 1. The molecule has 3 rings (SSSR count). The molecule has 1 aliphatic rings. The van der Waals surface area contributed by atoms with Gasteiger partial charge >= 0.3 is 0 Å². The molecule has 0 unspecified atom stereocenters. The maximum Gasteiger partial charge on any atom is 0.257 e. The number of amides is 1. The molecule has 1 aliphatic heterocycles. The Morgan fingerprint density at radius 2 is 1.83 bits per heavy atom. The highest BCUT2D eigenvalue weighted by molar-refractivity contribution is 7.89. The van der Waals surface area contributed by atoms with Crippen LogP contribution in [0.25, 0.3) is 0 Å². The van der Waals surface area contributed by atoms with Gasteiger partial charge in [-0.05, 0) is 30.3 Å². The highest BCUT2D eigenvalue weighted by Crippen LogP contribution is 2.30. The molecule has 0 saturated carbocycles. The first kappa shape index (κ1) is 21.4. The van der Waals surface area contributed by atoms with Crippen molar-refractivity contribution in [2.45, 2.75) is 4.90 Å². The Kier molecular flexibility index (Phi) is 6.63. The fourth-order valence-electron chi connectivity index (χ4n) is 2.88. The Labute approximate surface area is 174 Å². The van der Waals surface area contributed by atoms with Crippen molar-refractivity contribution in [2.24, 2.45) is 0 Å². The van der Waals surface area contributed by atoms with Gasteiger partial charge in [-0.3, -0.25) is 4.79 Å². The number of halogens is 1. The van der Waals surface area contributed by atoms with E-state index < -0.39 is 15.9 Å². The van der Waals surface area contributed by atoms with Crippen LogP contribution in [0.15, 0.2) is 41.3 Å². The predicted octanol–water partition coefficient (Wildman–Crippen LogP) is 2.63. The third-order valence-electron chi connectivity index (χ3n) is 4.45. The minimum absolute atomic E-state index is 0.00782. The summed E-state index contributed by atoms with van der Waals surface area (Å²) in [5.41, 5.74) is 0.403. The molecule has 1 N–H and O–H groups in total. The van der Waals surface area contributed by atoms with Gasteiger partial charge in [0.15, 0.2) is 0 Å². The van der Waals surface area contributed by atoms with Crippen LogP contribution in [-0.2, 0) is 14.8 Å². The van der Waals surface area contributed by atoms with Crippen molar-refractivity contribution in [3.05, 3.63) is 47.0 Å². The summed E-state index contributed by atoms with van der Waals surface area (Å²) < 4.78 is 42.7. The van der Waals surface area contributed by atoms with Gasteiger partial charge in [-0.15, -0.1) is 0 Å². The summed E-state index contributed by atoms with van der Waals surface area (Å²) in [4.78, 5) is 12.8. The van der Waals surface area contributed by atoms with Gasteiger partial charge < -0.3 is 19.5 Å². The van der Waals surface area contributed by atoms with Gasteiger partial charge in [-0.25, -0.2) is 8.42 Å². The second-order valence-corrected chi connectivity index (χ2v) is 8.52. The van der Waals surface area contributed by atoms with Crippen molar-refractivity contribution in [3.8, 4) is 11.5 Å². The van der Waals surface area contributed by atoms with Crippen molar-refractivity contribution >= 4 is 33.2 Å². The van der Waals surface area contributed by atoms with Crippen molar-refractivity contribution in [1.29, 1.82) is 0 Å². The summed E-state index contributed by atoms with van der Waals surface area (Å²) in [6.07, 6.45) is 0. The number of rotatable bonds is 6. The quantitative estimate of drug-likeness (QED) is 0.742. The maximum atomic E-state index is 12.9. The zero-order valence-corrected chi connectivity index (χ0v) is 17.5. The lowest BCUT2D eigenvalue weighted by Gasteiger charge is -2.26. The van der Waals surface area contributed by atoms with E-state index in [9.17, 15) is 13.2 Å². The van der Waals surface area contributed by atoms with Crippen LogP contribution >= 0.6 is 11.6 Å². The Hall–Kier alpha value is -2.33. The molecular formula is C19H21ClN2O6S. The number of anilines is 1. The van der Waals surface area contributed by atoms with E-state index in [4.69, 9.17) is 25.8 Å². The number of ether oxygens (including phenoxy) is 3. The smallest absolute Gasteiger partial charge is 0.257 e. The van der Waals surface area contributed by atoms with Crippen molar-refractivity contribution < 1.29 is 27.4 Å². The van der Waals surface area contributed by atoms with E-state index in [1.54, 1.807) is 18.2 Å². The van der Waals surface area contributed by atoms with Crippen LogP contribution in [0.5, 0.6) is 11.5 Å². The highest BCUT2D eigenvalue weighted by atomic mass is 35.5. The van der Waals surface area contributed by atoms with E-state index in [0.717, 1.165) is 0 Å². The molecule has 1 heterocycles. The van der Waals surface area contributed by atoms with Crippen LogP contribution in [0.2, 0.25) is 5.02 Å². The maximum absolute atomic E-state index is 12.9. The molecule has 0 radical (unpaired) electrons. The number of morpholine rings is 1. The molecular weight excluding hydrogens is 420 g/mol. The zero-order valence-electron chi connectivity index (χ0n) is 16.0. The van der Waals surface area contributed by atoms with Gasteiger partial charge in [0, 0.05) is 19.2 Å². The average molecular weight is 441 g/mol. The molecule has 10 heteroatoms. The second-order valence-electron chi connectivity index (χ2n) is 6.18. The highest BCUT2D eigenvalue weighted by Gasteiger charge is 2.27. The SMILES string of the molecule is COc1ccc(OC)c(NC(=O)c2cc(S(=O)(=O)N3CCOCC3)ccc2Cl)c1. The first-order valence-corrected chi connectivity index (χ1v) is 10.6. The summed E-state index contributed by atoms with van der Waals surface area (Å²) in [5.74, 6) is 0.379. The zero-order chi connectivity index (χ0) is 21.0. The second kappa shape index (κ2) is 9.00. The summed E-state index contributed by atoms with van der Waals surface area (Å²) >= 11 is 6.18. The molecule has 0 spiro atoms. The van der Waals surface area contributed by atoms with Gasteiger partial charge in [0.25, 0.3) is 5.91 Å². The number of benzene rings is 2. The average Bonchev–Trinajstić information content (AvgIpc) is 2.74. The number of nitrogens with zero attached hydrogens (tertiary/aromatic N) is 1. The van der Waals surface area contributed by atoms with Crippen LogP contribution in [0.4, 0.5) is 5.69 Å². The van der Waals surface area contributed by atoms with E-state index in [0.29, 0.717) is 30.4 Å². The van der Waals surface area contributed by atoms with E-state index in [1.807, 2.05) is 0 Å². The lowest BCUT2D eigenvalue weighted by molar-refractivity contribution is 0.0730. The minimum Gasteiger partial charge on any atom is -0.497 e. The summed E-state index contributed by atoms with van der Waals surface area (Å²) in [6.45, 7) is 1.17. The van der Waals surface area contributed by atoms with Gasteiger partial charge in [0.05, 0.1) is 48.6 Å². The van der Waals surface area contributed by atoms with Gasteiger partial charge in [0.2, 0.25) is 10.0 Å². The molecule has 0 aliphatic carbocycles. The lowest BCUT2D eigenvalue weighted by Crippen LogP contribution is -2.40. The molecule has 0 atom stereocenters. The van der Waals surface area contributed by atoms with E-state index >= 15 is 0 Å². The van der Waals surface area contributed by atoms with E-state index in [1.165, 1.54) is 36.7 Å². The standard InChI is InChI=1S/C19H21ClN2O6S/c1-26-13-3-6-18(27-2)17(11-13)21-19(23)15-12-14(4-5-16(15)20)29(24,25)22-7-9-28-10-8-22/h3-6,11-12H,7-10H2,1-2H3,(H,21,23). The normalized spacial score (nSPS) is 15.0. The molecule has 1 amide bonds. The fourth-order valence-corrected chi connectivity index (χ4v) is 4.51. The molecule has 0 aromatic heterocycles. The largest absolute Gasteiger partial charge is 0.497 e. The summed E-state index contributed by atoms with van der Waals surface area (Å²) in [5, 5.41) is 2.82. The van der Waals surface area contributed by atoms with E-state index in [2.05, 4.69) is 5.32 Å². The molecule has 29 heavy (non-hydrogen) atoms. The number of carbonyl (C=O) groups is 1. The minimum atomic E-state index is -3.76. The topological polar surface area (TPSA) is 94.2 Å². The van der Waals surface area contributed by atoms with E-state index in [-0.39, 0.29) is 28.6 Å². The van der Waals surface area contributed by atoms with Gasteiger partial charge in [-0.1, -0.05) is 11.6 Å². The van der Waals surface area contributed by atoms with Crippen molar-refractivity contribution in [3.63, 3.8) is 0 Å². The fraction of sp³-hybridized carbons (Fsp3) is 0.316. The number of carbonyl (C=O) groups excluding carboxylic acids is 1. The molecule has 8 nitrogen and oxygen atoms in total. The third-order valence-corrected chi connectivity index (χ3v) is 6.67. The van der Waals surface area contributed by atoms with Crippen LogP contribution in [0.1, 0.15) is 10.4 Å².